The minimum atomic E-state index is -0.792. The van der Waals surface area contributed by atoms with Crippen LogP contribution in [-0.4, -0.2) is 22.4 Å². The van der Waals surface area contributed by atoms with Crippen LogP contribution in [0.15, 0.2) is 24.3 Å². The summed E-state index contributed by atoms with van der Waals surface area (Å²) >= 11 is 0. The van der Waals surface area contributed by atoms with Crippen molar-refractivity contribution in [2.45, 2.75) is 26.7 Å². The first-order valence-electron chi connectivity index (χ1n) is 7.25. The summed E-state index contributed by atoms with van der Waals surface area (Å²) in [7, 11) is 0. The van der Waals surface area contributed by atoms with Crippen LogP contribution < -0.4 is 10.6 Å². The Kier molecular flexibility index (Phi) is 5.56. The number of nitrogens with one attached hydrogen (secondary N) is 2. The molecule has 0 fully saturated rings. The molecule has 1 aromatic heterocycles. The van der Waals surface area contributed by atoms with Gasteiger partial charge in [-0.1, -0.05) is 6.07 Å². The van der Waals surface area contributed by atoms with E-state index in [-0.39, 0.29) is 6.42 Å². The molecule has 0 radical (unpaired) electrons. The number of para-hydroxylation sites is 1. The van der Waals surface area contributed by atoms with Gasteiger partial charge in [0.1, 0.15) is 17.3 Å². The van der Waals surface area contributed by atoms with Gasteiger partial charge < -0.3 is 10.6 Å². The normalized spacial score (nSPS) is 10.4. The number of rotatable bonds is 6. The highest BCUT2D eigenvalue weighted by atomic mass is 19.1. The molecule has 1 aromatic carbocycles. The summed E-state index contributed by atoms with van der Waals surface area (Å²) in [6.07, 6.45) is 0.615. The van der Waals surface area contributed by atoms with Crippen molar-refractivity contribution in [3.8, 4) is 0 Å². The van der Waals surface area contributed by atoms with Crippen molar-refractivity contribution in [2.24, 2.45) is 0 Å². The summed E-state index contributed by atoms with van der Waals surface area (Å²) in [5.74, 6) is -1.53. The number of anilines is 2. The second-order valence-electron chi connectivity index (χ2n) is 5.15. The van der Waals surface area contributed by atoms with Crippen LogP contribution in [0.1, 0.15) is 24.2 Å². The topological polar surface area (TPSA) is 66.9 Å². The molecule has 122 valence electrons. The number of benzene rings is 1. The minimum Gasteiger partial charge on any atom is -0.354 e. The first-order chi connectivity index (χ1) is 11.0. The third-order valence-electron chi connectivity index (χ3n) is 3.07. The lowest BCUT2D eigenvalue weighted by Gasteiger charge is -2.08. The number of carbonyl (C=O) groups is 1. The fraction of sp³-hybridized carbons (Fsp3) is 0.312. The number of carbonyl (C=O) groups excluding carboxylic acids is 1. The van der Waals surface area contributed by atoms with Gasteiger partial charge in [-0.15, -0.1) is 0 Å². The molecule has 0 saturated carbocycles. The van der Waals surface area contributed by atoms with E-state index in [9.17, 15) is 13.6 Å². The van der Waals surface area contributed by atoms with Gasteiger partial charge in [0.2, 0.25) is 11.9 Å². The zero-order valence-electron chi connectivity index (χ0n) is 13.0. The first kappa shape index (κ1) is 16.8. The predicted octanol–water partition coefficient (Wildman–Crippen LogP) is 3.20. The van der Waals surface area contributed by atoms with E-state index in [0.717, 1.165) is 23.5 Å². The highest BCUT2D eigenvalue weighted by Gasteiger charge is 2.11. The molecule has 0 saturated heterocycles. The van der Waals surface area contributed by atoms with Crippen LogP contribution in [0.2, 0.25) is 0 Å². The van der Waals surface area contributed by atoms with Crippen LogP contribution in [0.5, 0.6) is 0 Å². The number of halogens is 2. The maximum atomic E-state index is 13.4. The molecule has 2 aromatic rings. The molecular weight excluding hydrogens is 302 g/mol. The van der Waals surface area contributed by atoms with Gasteiger partial charge in [0, 0.05) is 24.4 Å². The van der Waals surface area contributed by atoms with Gasteiger partial charge in [-0.05, 0) is 38.5 Å². The fourth-order valence-corrected chi connectivity index (χ4v) is 2.07. The monoisotopic (exact) mass is 320 g/mol. The Balaban J connectivity index is 1.79. The highest BCUT2D eigenvalue weighted by molar-refractivity contribution is 5.90. The molecule has 23 heavy (non-hydrogen) atoms. The van der Waals surface area contributed by atoms with E-state index >= 15 is 0 Å². The first-order valence-corrected chi connectivity index (χ1v) is 7.25. The number of aryl methyl sites for hydroxylation is 2. The second kappa shape index (κ2) is 7.62. The van der Waals surface area contributed by atoms with Gasteiger partial charge in [0.25, 0.3) is 0 Å². The molecule has 2 rings (SSSR count). The standard InChI is InChI=1S/C16H18F2N4O/c1-10-9-11(2)21-16(20-10)19-8-4-7-14(23)22-15-12(17)5-3-6-13(15)18/h3,5-6,9H,4,7-8H2,1-2H3,(H,22,23)(H,19,20,21). The van der Waals surface area contributed by atoms with Crippen LogP contribution in [0.3, 0.4) is 0 Å². The second-order valence-corrected chi connectivity index (χ2v) is 5.15. The van der Waals surface area contributed by atoms with Crippen LogP contribution in [0.25, 0.3) is 0 Å². The van der Waals surface area contributed by atoms with Crippen molar-refractivity contribution < 1.29 is 13.6 Å². The van der Waals surface area contributed by atoms with Crippen LogP contribution in [0, 0.1) is 25.5 Å². The van der Waals surface area contributed by atoms with Gasteiger partial charge in [-0.25, -0.2) is 18.7 Å². The average Bonchev–Trinajstić information content (AvgIpc) is 2.47. The number of hydrogen-bond acceptors (Lipinski definition) is 4. The number of hydrogen-bond donors (Lipinski definition) is 2. The molecule has 1 heterocycles. The van der Waals surface area contributed by atoms with E-state index in [1.54, 1.807) is 0 Å². The maximum Gasteiger partial charge on any atom is 0.224 e. The summed E-state index contributed by atoms with van der Waals surface area (Å²) in [6.45, 7) is 4.22. The Morgan fingerprint density at radius 1 is 1.13 bits per heavy atom. The smallest absolute Gasteiger partial charge is 0.224 e. The maximum absolute atomic E-state index is 13.4. The van der Waals surface area contributed by atoms with Gasteiger partial charge in [-0.3, -0.25) is 4.79 Å². The van der Waals surface area contributed by atoms with E-state index < -0.39 is 23.2 Å². The van der Waals surface area contributed by atoms with E-state index in [0.29, 0.717) is 18.9 Å². The molecule has 0 spiro atoms. The van der Waals surface area contributed by atoms with Gasteiger partial charge in [0.15, 0.2) is 0 Å². The molecule has 0 aliphatic heterocycles. The van der Waals surface area contributed by atoms with Crippen LogP contribution in [-0.2, 0) is 4.79 Å². The predicted molar refractivity (Wildman–Crippen MR) is 84.2 cm³/mol. The molecule has 5 nitrogen and oxygen atoms in total. The molecule has 0 bridgehead atoms. The Hall–Kier alpha value is -2.57. The van der Waals surface area contributed by atoms with Gasteiger partial charge in [-0.2, -0.15) is 0 Å². The summed E-state index contributed by atoms with van der Waals surface area (Å²) in [5.41, 5.74) is 1.30. The quantitative estimate of drug-likeness (QED) is 0.802. The molecular formula is C16H18F2N4O. The lowest BCUT2D eigenvalue weighted by atomic mass is 10.2. The molecule has 7 heteroatoms. The SMILES string of the molecule is Cc1cc(C)nc(NCCCC(=O)Nc2c(F)cccc2F)n1. The fourth-order valence-electron chi connectivity index (χ4n) is 2.07. The number of amides is 1. The molecule has 0 unspecified atom stereocenters. The summed E-state index contributed by atoms with van der Waals surface area (Å²) < 4.78 is 26.8. The highest BCUT2D eigenvalue weighted by Crippen LogP contribution is 2.18. The molecule has 0 atom stereocenters. The van der Waals surface area contributed by atoms with Crippen molar-refractivity contribution in [1.82, 2.24) is 9.97 Å². The average molecular weight is 320 g/mol. The van der Waals surface area contributed by atoms with E-state index in [1.807, 2.05) is 19.9 Å². The third-order valence-corrected chi connectivity index (χ3v) is 3.07. The van der Waals surface area contributed by atoms with E-state index in [4.69, 9.17) is 0 Å². The van der Waals surface area contributed by atoms with E-state index in [2.05, 4.69) is 20.6 Å². The van der Waals surface area contributed by atoms with E-state index in [1.165, 1.54) is 6.07 Å². The van der Waals surface area contributed by atoms with Crippen LogP contribution in [0.4, 0.5) is 20.4 Å². The van der Waals surface area contributed by atoms with Crippen molar-refractivity contribution >= 4 is 17.5 Å². The zero-order chi connectivity index (χ0) is 16.8. The lowest BCUT2D eigenvalue weighted by Crippen LogP contribution is -2.16. The summed E-state index contributed by atoms with van der Waals surface area (Å²) in [4.78, 5) is 20.2. The molecule has 1 amide bonds. The number of aromatic nitrogens is 2. The Morgan fingerprint density at radius 3 is 2.35 bits per heavy atom. The zero-order valence-corrected chi connectivity index (χ0v) is 13.0. The third kappa shape index (κ3) is 4.98. The Bertz CT molecular complexity index is 666. The van der Waals surface area contributed by atoms with Crippen molar-refractivity contribution in [3.05, 3.63) is 47.3 Å². The largest absolute Gasteiger partial charge is 0.354 e. The van der Waals surface area contributed by atoms with Gasteiger partial charge in [0.05, 0.1) is 0 Å². The Labute approximate surface area is 133 Å². The lowest BCUT2D eigenvalue weighted by molar-refractivity contribution is -0.116. The van der Waals surface area contributed by atoms with Crippen LogP contribution >= 0.6 is 0 Å². The van der Waals surface area contributed by atoms with Crippen molar-refractivity contribution in [3.63, 3.8) is 0 Å². The van der Waals surface area contributed by atoms with Crippen molar-refractivity contribution in [1.29, 1.82) is 0 Å². The minimum absolute atomic E-state index is 0.131. The molecule has 0 aliphatic carbocycles. The molecule has 2 N–H and O–H groups in total. The molecule has 0 aliphatic rings. The van der Waals surface area contributed by atoms with Crippen molar-refractivity contribution in [2.75, 3.05) is 17.2 Å². The summed E-state index contributed by atoms with van der Waals surface area (Å²) in [5, 5.41) is 5.27. The summed E-state index contributed by atoms with van der Waals surface area (Å²) in [6, 6.07) is 5.30. The number of nitrogens with zero attached hydrogens (tertiary/aromatic N) is 2. The van der Waals surface area contributed by atoms with Gasteiger partial charge >= 0.3 is 0 Å². The Morgan fingerprint density at radius 2 is 1.74 bits per heavy atom.